The number of carboxylic acid groups (broad SMARTS) is 1. The van der Waals surface area contributed by atoms with E-state index in [9.17, 15) is 4.79 Å². The van der Waals surface area contributed by atoms with E-state index in [1.165, 1.54) is 180 Å². The van der Waals surface area contributed by atoms with Gasteiger partial charge in [0.2, 0.25) is 0 Å². The van der Waals surface area contributed by atoms with Gasteiger partial charge in [-0.05, 0) is 19.4 Å². The minimum absolute atomic E-state index is 0.193. The van der Waals surface area contributed by atoms with Gasteiger partial charge in [-0.15, -0.1) is 0 Å². The smallest absolute Gasteiger partial charge is 0.303 e. The SMILES string of the molecule is CCCCCCCCCCCCCCC(=O)O.CCCCCCCCCCCCCCCCCCCCN(CCO)CCO. The first-order chi connectivity index (χ1) is 21.6. The zero-order chi connectivity index (χ0) is 32.6. The van der Waals surface area contributed by atoms with Crippen molar-refractivity contribution in [1.29, 1.82) is 0 Å². The van der Waals surface area contributed by atoms with Crippen LogP contribution in [-0.2, 0) is 4.79 Å². The molecule has 0 heterocycles. The number of hydrogen-bond acceptors (Lipinski definition) is 4. The molecule has 0 amide bonds. The van der Waals surface area contributed by atoms with Crippen molar-refractivity contribution in [2.45, 2.75) is 213 Å². The lowest BCUT2D eigenvalue weighted by atomic mass is 10.0. The minimum Gasteiger partial charge on any atom is -0.481 e. The molecule has 3 N–H and O–H groups in total. The average Bonchev–Trinajstić information content (AvgIpc) is 3.01. The Morgan fingerprint density at radius 2 is 0.636 bits per heavy atom. The molecule has 44 heavy (non-hydrogen) atoms. The second-order valence-electron chi connectivity index (χ2n) is 13.3. The van der Waals surface area contributed by atoms with Crippen molar-refractivity contribution < 1.29 is 20.1 Å². The molecule has 0 bridgehead atoms. The molecule has 0 saturated carbocycles. The molecule has 0 aromatic rings. The van der Waals surface area contributed by atoms with Crippen molar-refractivity contribution in [3.05, 3.63) is 0 Å². The lowest BCUT2D eigenvalue weighted by Gasteiger charge is -2.19. The fourth-order valence-electron chi connectivity index (χ4n) is 5.97. The maximum atomic E-state index is 10.3. The summed E-state index contributed by atoms with van der Waals surface area (Å²) in [6.07, 6.45) is 41.1. The van der Waals surface area contributed by atoms with Crippen molar-refractivity contribution in [2.24, 2.45) is 0 Å². The van der Waals surface area contributed by atoms with Gasteiger partial charge in [-0.3, -0.25) is 9.69 Å². The van der Waals surface area contributed by atoms with Gasteiger partial charge in [0, 0.05) is 19.5 Å². The van der Waals surface area contributed by atoms with E-state index in [0.29, 0.717) is 19.5 Å². The molecule has 0 aliphatic rings. The van der Waals surface area contributed by atoms with E-state index in [1.807, 2.05) is 0 Å². The lowest BCUT2D eigenvalue weighted by molar-refractivity contribution is -0.137. The average molecular weight is 628 g/mol. The summed E-state index contributed by atoms with van der Waals surface area (Å²) in [4.78, 5) is 12.4. The molecule has 0 radical (unpaired) electrons. The van der Waals surface area contributed by atoms with Crippen molar-refractivity contribution in [3.63, 3.8) is 0 Å². The molecule has 0 atom stereocenters. The lowest BCUT2D eigenvalue weighted by Crippen LogP contribution is -2.30. The Labute approximate surface area is 276 Å². The molecule has 0 unspecified atom stereocenters. The summed E-state index contributed by atoms with van der Waals surface area (Å²) in [6.45, 7) is 7.33. The highest BCUT2D eigenvalue weighted by Gasteiger charge is 2.03. The first-order valence-electron chi connectivity index (χ1n) is 19.8. The van der Waals surface area contributed by atoms with E-state index in [4.69, 9.17) is 15.3 Å². The summed E-state index contributed by atoms with van der Waals surface area (Å²) in [5.41, 5.74) is 0. The van der Waals surface area contributed by atoms with Gasteiger partial charge >= 0.3 is 5.97 Å². The molecule has 0 spiro atoms. The third-order valence-electron chi connectivity index (χ3n) is 8.90. The van der Waals surface area contributed by atoms with Crippen LogP contribution in [0.2, 0.25) is 0 Å². The molecule has 0 aromatic carbocycles. The predicted molar refractivity (Wildman–Crippen MR) is 193 cm³/mol. The van der Waals surface area contributed by atoms with Crippen LogP contribution in [0.4, 0.5) is 0 Å². The van der Waals surface area contributed by atoms with E-state index in [0.717, 1.165) is 19.4 Å². The number of aliphatic carboxylic acids is 1. The van der Waals surface area contributed by atoms with Crippen LogP contribution in [0.3, 0.4) is 0 Å². The van der Waals surface area contributed by atoms with E-state index < -0.39 is 5.97 Å². The van der Waals surface area contributed by atoms with Crippen LogP contribution in [0.15, 0.2) is 0 Å². The molecular formula is C39H81NO4. The van der Waals surface area contributed by atoms with Gasteiger partial charge < -0.3 is 15.3 Å². The maximum absolute atomic E-state index is 10.3. The fourth-order valence-corrected chi connectivity index (χ4v) is 5.97. The van der Waals surface area contributed by atoms with Crippen LogP contribution in [0.1, 0.15) is 213 Å². The first kappa shape index (κ1) is 45.5. The molecule has 0 aliphatic heterocycles. The first-order valence-corrected chi connectivity index (χ1v) is 19.8. The summed E-state index contributed by atoms with van der Waals surface area (Å²) in [6, 6.07) is 0. The van der Waals surface area contributed by atoms with Crippen molar-refractivity contribution >= 4 is 5.97 Å². The summed E-state index contributed by atoms with van der Waals surface area (Å²) in [5, 5.41) is 26.5. The number of carbonyl (C=O) groups is 1. The van der Waals surface area contributed by atoms with Gasteiger partial charge in [-0.25, -0.2) is 0 Å². The van der Waals surface area contributed by atoms with Gasteiger partial charge in [-0.2, -0.15) is 0 Å². The zero-order valence-electron chi connectivity index (χ0n) is 30.2. The molecule has 5 heteroatoms. The Morgan fingerprint density at radius 3 is 0.886 bits per heavy atom. The Morgan fingerprint density at radius 1 is 0.386 bits per heavy atom. The van der Waals surface area contributed by atoms with E-state index in [2.05, 4.69) is 18.7 Å². The minimum atomic E-state index is -0.655. The molecule has 5 nitrogen and oxygen atoms in total. The number of aliphatic hydroxyl groups is 2. The van der Waals surface area contributed by atoms with Gasteiger partial charge in [0.1, 0.15) is 0 Å². The highest BCUT2D eigenvalue weighted by Crippen LogP contribution is 2.15. The summed E-state index contributed by atoms with van der Waals surface area (Å²) in [5.74, 6) is -0.655. The van der Waals surface area contributed by atoms with Crippen LogP contribution in [-0.4, -0.2) is 59.0 Å². The normalized spacial score (nSPS) is 11.2. The number of carboxylic acids is 1. The molecule has 0 saturated heterocycles. The molecular weight excluding hydrogens is 546 g/mol. The molecule has 0 aromatic heterocycles. The third kappa shape index (κ3) is 43.5. The second kappa shape index (κ2) is 42.3. The van der Waals surface area contributed by atoms with E-state index >= 15 is 0 Å². The van der Waals surface area contributed by atoms with Crippen LogP contribution in [0.25, 0.3) is 0 Å². The highest BCUT2D eigenvalue weighted by molar-refractivity contribution is 5.66. The number of unbranched alkanes of at least 4 members (excludes halogenated alkanes) is 28. The maximum Gasteiger partial charge on any atom is 0.303 e. The Hall–Kier alpha value is -0.650. The second-order valence-corrected chi connectivity index (χ2v) is 13.3. The summed E-state index contributed by atoms with van der Waals surface area (Å²) >= 11 is 0. The fraction of sp³-hybridized carbons (Fsp3) is 0.974. The van der Waals surface area contributed by atoms with Crippen LogP contribution in [0.5, 0.6) is 0 Å². The van der Waals surface area contributed by atoms with Gasteiger partial charge in [0.05, 0.1) is 13.2 Å². The largest absolute Gasteiger partial charge is 0.481 e. The van der Waals surface area contributed by atoms with Gasteiger partial charge in [0.25, 0.3) is 0 Å². The number of aliphatic hydroxyl groups excluding tert-OH is 2. The molecule has 266 valence electrons. The van der Waals surface area contributed by atoms with Gasteiger partial charge in [-0.1, -0.05) is 194 Å². The predicted octanol–water partition coefficient (Wildman–Crippen LogP) is 11.5. The Balaban J connectivity index is 0. The molecule has 0 fully saturated rings. The Kier molecular flexibility index (Phi) is 43.8. The number of rotatable bonds is 36. The van der Waals surface area contributed by atoms with E-state index in [-0.39, 0.29) is 13.2 Å². The van der Waals surface area contributed by atoms with Gasteiger partial charge in [0.15, 0.2) is 0 Å². The van der Waals surface area contributed by atoms with Crippen molar-refractivity contribution in [1.82, 2.24) is 4.90 Å². The van der Waals surface area contributed by atoms with Crippen molar-refractivity contribution in [2.75, 3.05) is 32.8 Å². The monoisotopic (exact) mass is 628 g/mol. The topological polar surface area (TPSA) is 81.0 Å². The van der Waals surface area contributed by atoms with Crippen LogP contribution < -0.4 is 0 Å². The third-order valence-corrected chi connectivity index (χ3v) is 8.90. The Bertz CT molecular complexity index is 510. The standard InChI is InChI=1S/C24H51NO2.C15H30O2/c1-2-3-4-5-6-7-8-9-10-11-12-13-14-15-16-17-18-19-20-25(21-23-26)22-24-27;1-2-3-4-5-6-7-8-9-10-11-12-13-14-15(16)17/h26-27H,2-24H2,1H3;2-14H2,1H3,(H,16,17). The summed E-state index contributed by atoms with van der Waals surface area (Å²) < 4.78 is 0. The van der Waals surface area contributed by atoms with E-state index in [1.54, 1.807) is 0 Å². The number of nitrogens with zero attached hydrogens (tertiary/aromatic N) is 1. The summed E-state index contributed by atoms with van der Waals surface area (Å²) in [7, 11) is 0. The molecule has 0 aliphatic carbocycles. The van der Waals surface area contributed by atoms with Crippen LogP contribution >= 0.6 is 0 Å². The molecule has 0 rings (SSSR count). The van der Waals surface area contributed by atoms with Crippen molar-refractivity contribution in [3.8, 4) is 0 Å². The zero-order valence-corrected chi connectivity index (χ0v) is 30.2. The van der Waals surface area contributed by atoms with Crippen LogP contribution in [0, 0.1) is 0 Å². The quantitative estimate of drug-likeness (QED) is 0.0602. The highest BCUT2D eigenvalue weighted by atomic mass is 16.4. The number of hydrogen-bond donors (Lipinski definition) is 3.